The van der Waals surface area contributed by atoms with E-state index in [-0.39, 0.29) is 23.8 Å². The van der Waals surface area contributed by atoms with Gasteiger partial charge in [0.05, 0.1) is 16.1 Å². The van der Waals surface area contributed by atoms with Crippen molar-refractivity contribution >= 4 is 21.5 Å². The molecule has 8 bridgehead atoms. The van der Waals surface area contributed by atoms with Crippen molar-refractivity contribution in [3.05, 3.63) is 46.1 Å². The Hall–Kier alpha value is -2.70. The number of phenols is 2. The highest BCUT2D eigenvalue weighted by Gasteiger charge is 2.33. The zero-order valence-corrected chi connectivity index (χ0v) is 16.8. The lowest BCUT2D eigenvalue weighted by atomic mass is 9.95. The molecule has 152 valence electrons. The van der Waals surface area contributed by atoms with Crippen LogP contribution in [0.15, 0.2) is 34.3 Å². The van der Waals surface area contributed by atoms with Crippen molar-refractivity contribution < 1.29 is 10.2 Å². The van der Waals surface area contributed by atoms with Gasteiger partial charge in [0.15, 0.2) is 0 Å². The number of phenolic OH excluding ortho intramolecular Hbond substituents is 2. The molecule has 2 N–H and O–H groups in total. The minimum absolute atomic E-state index is 0.0702. The molecule has 3 aromatic carbocycles. The summed E-state index contributed by atoms with van der Waals surface area (Å²) in [6.07, 6.45) is 4.59. The molecule has 10 rings (SSSR count). The van der Waals surface area contributed by atoms with Crippen molar-refractivity contribution in [2.24, 2.45) is 9.98 Å². The van der Waals surface area contributed by atoms with Crippen LogP contribution in [0.25, 0.3) is 21.5 Å². The first-order valence-corrected chi connectivity index (χ1v) is 11.1. The highest BCUT2D eigenvalue weighted by molar-refractivity contribution is 6.11. The molecule has 7 heterocycles. The van der Waals surface area contributed by atoms with Gasteiger partial charge in [-0.05, 0) is 43.4 Å². The maximum atomic E-state index is 11.2. The first-order valence-electron chi connectivity index (χ1n) is 11.1. The summed E-state index contributed by atoms with van der Waals surface area (Å²) >= 11 is 0. The largest absolute Gasteiger partial charge is 0.507 e. The van der Waals surface area contributed by atoms with Crippen molar-refractivity contribution in [3.8, 4) is 11.5 Å². The second-order valence-electron chi connectivity index (χ2n) is 9.08. The number of aromatic hydroxyl groups is 2. The molecule has 2 unspecified atom stereocenters. The lowest BCUT2D eigenvalue weighted by Gasteiger charge is -2.26. The summed E-state index contributed by atoms with van der Waals surface area (Å²) in [5, 5.41) is 26.8. The van der Waals surface area contributed by atoms with Gasteiger partial charge < -0.3 is 10.2 Å². The van der Waals surface area contributed by atoms with Crippen LogP contribution in [-0.2, 0) is 0 Å². The van der Waals surface area contributed by atoms with Crippen LogP contribution in [0.5, 0.6) is 11.5 Å². The van der Waals surface area contributed by atoms with Gasteiger partial charge in [0, 0.05) is 47.9 Å². The van der Waals surface area contributed by atoms with E-state index in [9.17, 15) is 10.2 Å². The predicted octanol–water partition coefficient (Wildman–Crippen LogP) is 2.86. The Balaban J connectivity index is 1.64. The molecular weight excluding hydrogens is 376 g/mol. The van der Waals surface area contributed by atoms with Gasteiger partial charge in [-0.15, -0.1) is 0 Å². The molecule has 6 nitrogen and oxygen atoms in total. The molecular formula is C24H24N4O2. The maximum Gasteiger partial charge on any atom is 0.133 e. The molecule has 0 aromatic heterocycles. The molecule has 7 aliphatic heterocycles. The highest BCUT2D eigenvalue weighted by atomic mass is 16.3. The average molecular weight is 400 g/mol. The fraction of sp³-hybridized carbons (Fsp3) is 0.417. The van der Waals surface area contributed by atoms with Gasteiger partial charge in [-0.3, -0.25) is 19.8 Å². The SMILES string of the molecule is Oc1c2cc3ccc2c(O)c2c4c(c(cc12)C(N1CCCC1)N=4)=NC3N1CCCC1. The summed E-state index contributed by atoms with van der Waals surface area (Å²) < 4.78 is 0. The van der Waals surface area contributed by atoms with Crippen LogP contribution in [0.4, 0.5) is 0 Å². The summed E-state index contributed by atoms with van der Waals surface area (Å²) in [7, 11) is 0. The van der Waals surface area contributed by atoms with Crippen LogP contribution in [0.1, 0.15) is 49.1 Å². The molecule has 2 atom stereocenters. The van der Waals surface area contributed by atoms with Crippen LogP contribution >= 0.6 is 0 Å². The Labute approximate surface area is 173 Å². The second-order valence-corrected chi connectivity index (χ2v) is 9.08. The molecule has 2 saturated heterocycles. The van der Waals surface area contributed by atoms with Gasteiger partial charge in [-0.1, -0.05) is 12.1 Å². The Morgan fingerprint density at radius 1 is 0.700 bits per heavy atom. The molecule has 0 spiro atoms. The Morgan fingerprint density at radius 2 is 1.37 bits per heavy atom. The third kappa shape index (κ3) is 2.10. The number of hydrogen-bond acceptors (Lipinski definition) is 6. The summed E-state index contributed by atoms with van der Waals surface area (Å²) in [4.78, 5) is 15.2. The van der Waals surface area contributed by atoms with Gasteiger partial charge in [0.2, 0.25) is 0 Å². The average Bonchev–Trinajstić information content (AvgIpc) is 3.50. The number of likely N-dealkylation sites (tertiary alicyclic amines) is 2. The van der Waals surface area contributed by atoms with E-state index in [1.165, 1.54) is 25.7 Å². The van der Waals surface area contributed by atoms with Crippen molar-refractivity contribution in [3.63, 3.8) is 0 Å². The Bertz CT molecular complexity index is 1350. The van der Waals surface area contributed by atoms with E-state index in [0.717, 1.165) is 48.0 Å². The normalized spacial score (nSPS) is 25.5. The third-order valence-electron chi connectivity index (χ3n) is 7.40. The number of rotatable bonds is 2. The van der Waals surface area contributed by atoms with E-state index in [1.54, 1.807) is 0 Å². The molecule has 0 aliphatic carbocycles. The first kappa shape index (κ1) is 17.0. The zero-order chi connectivity index (χ0) is 20.0. The van der Waals surface area contributed by atoms with Crippen LogP contribution < -0.4 is 10.7 Å². The van der Waals surface area contributed by atoms with Gasteiger partial charge in [0.1, 0.15) is 23.8 Å². The fourth-order valence-corrected chi connectivity index (χ4v) is 5.90. The molecule has 0 radical (unpaired) electrons. The highest BCUT2D eigenvalue weighted by Crippen LogP contribution is 2.44. The molecule has 6 heteroatoms. The zero-order valence-electron chi connectivity index (χ0n) is 16.8. The van der Waals surface area contributed by atoms with E-state index in [1.807, 2.05) is 18.2 Å². The molecule has 2 fully saturated rings. The summed E-state index contributed by atoms with van der Waals surface area (Å²) in [6.45, 7) is 4.11. The van der Waals surface area contributed by atoms with Gasteiger partial charge in [-0.25, -0.2) is 0 Å². The number of nitrogens with zero attached hydrogens (tertiary/aromatic N) is 4. The Morgan fingerprint density at radius 3 is 2.10 bits per heavy atom. The molecule has 30 heavy (non-hydrogen) atoms. The number of fused-ring (bicyclic) bond motifs is 1. The standard InChI is InChI=1S/C24H24N4O2/c29-21-15-11-13-5-6-14(15)22(30)18-16(21)12-17-19(25-23(13)27-7-1-2-8-27)20(18)26-24(17)28-9-3-4-10-28/h5-6,11-12,23-24,29-30H,1-4,7-10H2. The fourth-order valence-electron chi connectivity index (χ4n) is 5.90. The van der Waals surface area contributed by atoms with E-state index in [4.69, 9.17) is 9.98 Å². The van der Waals surface area contributed by atoms with Crippen molar-refractivity contribution in [1.29, 1.82) is 0 Å². The summed E-state index contributed by atoms with van der Waals surface area (Å²) in [5.74, 6) is 0.445. The van der Waals surface area contributed by atoms with Crippen LogP contribution in [0, 0.1) is 0 Å². The monoisotopic (exact) mass is 400 g/mol. The van der Waals surface area contributed by atoms with E-state index >= 15 is 0 Å². The second kappa shape index (κ2) is 5.93. The van der Waals surface area contributed by atoms with Crippen molar-refractivity contribution in [2.45, 2.75) is 38.0 Å². The Kier molecular flexibility index (Phi) is 3.36. The van der Waals surface area contributed by atoms with E-state index in [0.29, 0.717) is 21.5 Å². The molecule has 0 amide bonds. The number of hydrogen-bond donors (Lipinski definition) is 2. The molecule has 0 saturated carbocycles. The smallest absolute Gasteiger partial charge is 0.133 e. The van der Waals surface area contributed by atoms with Crippen molar-refractivity contribution in [1.82, 2.24) is 9.80 Å². The molecule has 3 aromatic rings. The lowest BCUT2D eigenvalue weighted by Crippen LogP contribution is -2.32. The van der Waals surface area contributed by atoms with Crippen molar-refractivity contribution in [2.75, 3.05) is 26.2 Å². The van der Waals surface area contributed by atoms with Gasteiger partial charge in [-0.2, -0.15) is 0 Å². The van der Waals surface area contributed by atoms with Gasteiger partial charge in [0.25, 0.3) is 0 Å². The van der Waals surface area contributed by atoms with Crippen LogP contribution in [0.2, 0.25) is 0 Å². The minimum atomic E-state index is -0.0878. The van der Waals surface area contributed by atoms with Gasteiger partial charge >= 0.3 is 0 Å². The van der Waals surface area contributed by atoms with E-state index < -0.39 is 0 Å². The summed E-state index contributed by atoms with van der Waals surface area (Å²) in [5.41, 5.74) is 2.14. The third-order valence-corrected chi connectivity index (χ3v) is 7.40. The van der Waals surface area contributed by atoms with E-state index in [2.05, 4.69) is 15.9 Å². The lowest BCUT2D eigenvalue weighted by molar-refractivity contribution is 0.246. The maximum absolute atomic E-state index is 11.2. The number of benzene rings is 3. The van der Waals surface area contributed by atoms with Crippen LogP contribution in [-0.4, -0.2) is 46.2 Å². The predicted molar refractivity (Wildman–Crippen MR) is 114 cm³/mol. The topological polar surface area (TPSA) is 71.7 Å². The van der Waals surface area contributed by atoms with Crippen LogP contribution in [0.3, 0.4) is 0 Å². The quantitative estimate of drug-likeness (QED) is 0.513. The summed E-state index contributed by atoms with van der Waals surface area (Å²) in [6, 6.07) is 8.03. The minimum Gasteiger partial charge on any atom is -0.507 e. The molecule has 7 aliphatic rings. The first-order chi connectivity index (χ1) is 14.7.